The quantitative estimate of drug-likeness (QED) is 0.215. The molecule has 0 aromatic heterocycles. The second kappa shape index (κ2) is 9.18. The van der Waals surface area contributed by atoms with Crippen LogP contribution in [0.1, 0.15) is 41.4 Å². The van der Waals surface area contributed by atoms with Gasteiger partial charge in [-0.15, -0.1) is 0 Å². The molecule has 0 fully saturated rings. The third-order valence-corrected chi connectivity index (χ3v) is 6.47. The van der Waals surface area contributed by atoms with Gasteiger partial charge >= 0.3 is 23.9 Å². The van der Waals surface area contributed by atoms with E-state index in [1.54, 1.807) is 72.8 Å². The highest BCUT2D eigenvalue weighted by atomic mass is 16.4. The average Bonchev–Trinajstić information content (AvgIpc) is 2.90. The van der Waals surface area contributed by atoms with Crippen molar-refractivity contribution in [3.8, 4) is 22.3 Å². The van der Waals surface area contributed by atoms with Gasteiger partial charge in [0.1, 0.15) is 0 Å². The summed E-state index contributed by atoms with van der Waals surface area (Å²) >= 11 is 0. The smallest absolute Gasteiger partial charge is 0.337 e. The standard InChI is InChI=1S/C30H18O8/c31-27(32)23-21(19-13-5-9-15-7-1-3-11-17(15)19)24(28(33)34)26(30(37)38)22(25(23)29(35)36)20-14-6-10-16-8-2-4-12-18(16)20/h1-14H,(H,31,32)(H,33,34)(H,35,36)(H,37,38). The van der Waals surface area contributed by atoms with Crippen LogP contribution in [0.4, 0.5) is 0 Å². The molecular formula is C30H18O8. The van der Waals surface area contributed by atoms with Crippen molar-refractivity contribution in [1.29, 1.82) is 0 Å². The largest absolute Gasteiger partial charge is 0.478 e. The van der Waals surface area contributed by atoms with Gasteiger partial charge in [-0.05, 0) is 32.7 Å². The van der Waals surface area contributed by atoms with Crippen LogP contribution >= 0.6 is 0 Å². The highest BCUT2D eigenvalue weighted by Crippen LogP contribution is 2.44. The Balaban J connectivity index is 2.12. The van der Waals surface area contributed by atoms with Gasteiger partial charge in [0.15, 0.2) is 0 Å². The van der Waals surface area contributed by atoms with E-state index in [0.29, 0.717) is 21.5 Å². The van der Waals surface area contributed by atoms with E-state index < -0.39 is 57.3 Å². The van der Waals surface area contributed by atoms with Crippen LogP contribution in [0.3, 0.4) is 0 Å². The third-order valence-electron chi connectivity index (χ3n) is 6.47. The van der Waals surface area contributed by atoms with Crippen LogP contribution in [0.5, 0.6) is 0 Å². The van der Waals surface area contributed by atoms with Gasteiger partial charge in [-0.1, -0.05) is 84.9 Å². The van der Waals surface area contributed by atoms with Crippen molar-refractivity contribution in [2.24, 2.45) is 0 Å². The van der Waals surface area contributed by atoms with Crippen molar-refractivity contribution < 1.29 is 39.6 Å². The molecule has 0 aliphatic carbocycles. The van der Waals surface area contributed by atoms with Crippen LogP contribution in [0.2, 0.25) is 0 Å². The van der Waals surface area contributed by atoms with E-state index in [1.165, 1.54) is 12.1 Å². The van der Waals surface area contributed by atoms with Crippen LogP contribution < -0.4 is 0 Å². The Kier molecular flexibility index (Phi) is 5.85. The second-order valence-electron chi connectivity index (χ2n) is 8.52. The molecule has 0 aliphatic rings. The van der Waals surface area contributed by atoms with Crippen molar-refractivity contribution >= 4 is 45.4 Å². The van der Waals surface area contributed by atoms with Crippen molar-refractivity contribution in [2.75, 3.05) is 0 Å². The molecule has 5 aromatic carbocycles. The van der Waals surface area contributed by atoms with E-state index in [9.17, 15) is 39.6 Å². The highest BCUT2D eigenvalue weighted by Gasteiger charge is 2.37. The average molecular weight is 506 g/mol. The predicted octanol–water partition coefficient (Wildman–Crippen LogP) is 6.12. The first-order valence-electron chi connectivity index (χ1n) is 11.4. The lowest BCUT2D eigenvalue weighted by atomic mass is 9.79. The molecule has 0 unspecified atom stereocenters. The number of benzene rings is 5. The number of hydrogen-bond donors (Lipinski definition) is 4. The summed E-state index contributed by atoms with van der Waals surface area (Å²) in [6.45, 7) is 0. The molecule has 8 heteroatoms. The fourth-order valence-corrected chi connectivity index (χ4v) is 5.03. The summed E-state index contributed by atoms with van der Waals surface area (Å²) in [5.74, 6) is -6.81. The van der Waals surface area contributed by atoms with Gasteiger partial charge < -0.3 is 20.4 Å². The minimum Gasteiger partial charge on any atom is -0.478 e. The molecule has 5 rings (SSSR count). The summed E-state index contributed by atoms with van der Waals surface area (Å²) in [6.07, 6.45) is 0. The van der Waals surface area contributed by atoms with E-state index in [0.717, 1.165) is 0 Å². The van der Waals surface area contributed by atoms with Crippen LogP contribution in [0, 0.1) is 0 Å². The van der Waals surface area contributed by atoms with Gasteiger partial charge in [0.25, 0.3) is 0 Å². The van der Waals surface area contributed by atoms with E-state index in [4.69, 9.17) is 0 Å². The third kappa shape index (κ3) is 3.72. The van der Waals surface area contributed by atoms with Gasteiger partial charge in [-0.25, -0.2) is 19.2 Å². The van der Waals surface area contributed by atoms with Gasteiger partial charge in [-0.3, -0.25) is 0 Å². The Morgan fingerprint density at radius 1 is 0.395 bits per heavy atom. The number of rotatable bonds is 6. The summed E-state index contributed by atoms with van der Waals surface area (Å²) in [7, 11) is 0. The topological polar surface area (TPSA) is 149 Å². The number of fused-ring (bicyclic) bond motifs is 2. The van der Waals surface area contributed by atoms with Crippen molar-refractivity contribution in [2.45, 2.75) is 0 Å². The van der Waals surface area contributed by atoms with Gasteiger partial charge in [0.05, 0.1) is 22.3 Å². The van der Waals surface area contributed by atoms with Gasteiger partial charge in [0, 0.05) is 11.1 Å². The maximum Gasteiger partial charge on any atom is 0.337 e. The lowest BCUT2D eigenvalue weighted by Crippen LogP contribution is -2.21. The van der Waals surface area contributed by atoms with Crippen LogP contribution in [-0.2, 0) is 0 Å². The molecule has 5 aromatic rings. The number of carboxylic acids is 4. The Morgan fingerprint density at radius 2 is 0.684 bits per heavy atom. The number of aromatic carboxylic acids is 4. The molecule has 0 bridgehead atoms. The summed E-state index contributed by atoms with van der Waals surface area (Å²) < 4.78 is 0. The summed E-state index contributed by atoms with van der Waals surface area (Å²) in [6, 6.07) is 23.0. The van der Waals surface area contributed by atoms with Crippen molar-refractivity contribution in [3.63, 3.8) is 0 Å². The lowest BCUT2D eigenvalue weighted by Gasteiger charge is -2.22. The molecule has 0 spiro atoms. The van der Waals surface area contributed by atoms with Gasteiger partial charge in [0.2, 0.25) is 0 Å². The summed E-state index contributed by atoms with van der Waals surface area (Å²) in [5.41, 5.74) is -4.02. The molecule has 4 N–H and O–H groups in total. The molecule has 0 aliphatic heterocycles. The molecule has 0 saturated carbocycles. The minimum atomic E-state index is -1.70. The lowest BCUT2D eigenvalue weighted by molar-refractivity contribution is 0.0639. The zero-order chi connectivity index (χ0) is 27.1. The summed E-state index contributed by atoms with van der Waals surface area (Å²) in [4.78, 5) is 51.0. The first kappa shape index (κ1) is 24.2. The molecular weight excluding hydrogens is 488 g/mol. The van der Waals surface area contributed by atoms with Crippen molar-refractivity contribution in [1.82, 2.24) is 0 Å². The first-order valence-corrected chi connectivity index (χ1v) is 11.4. The first-order chi connectivity index (χ1) is 18.2. The predicted molar refractivity (Wildman–Crippen MR) is 140 cm³/mol. The Bertz CT molecular complexity index is 1640. The monoisotopic (exact) mass is 506 g/mol. The second-order valence-corrected chi connectivity index (χ2v) is 8.52. The molecule has 8 nitrogen and oxygen atoms in total. The van der Waals surface area contributed by atoms with E-state index in [-0.39, 0.29) is 11.1 Å². The zero-order valence-corrected chi connectivity index (χ0v) is 19.5. The summed E-state index contributed by atoms with van der Waals surface area (Å²) in [5, 5.41) is 43.5. The maximum absolute atomic E-state index is 12.8. The minimum absolute atomic E-state index is 0.0902. The van der Waals surface area contributed by atoms with Crippen LogP contribution in [-0.4, -0.2) is 44.3 Å². The van der Waals surface area contributed by atoms with Crippen LogP contribution in [0.15, 0.2) is 84.9 Å². The number of carboxylic acid groups (broad SMARTS) is 4. The van der Waals surface area contributed by atoms with Gasteiger partial charge in [-0.2, -0.15) is 0 Å². The molecule has 38 heavy (non-hydrogen) atoms. The molecule has 0 atom stereocenters. The molecule has 0 heterocycles. The van der Waals surface area contributed by atoms with Crippen LogP contribution in [0.25, 0.3) is 43.8 Å². The highest BCUT2D eigenvalue weighted by molar-refractivity contribution is 6.23. The molecule has 0 amide bonds. The number of carbonyl (C=O) groups is 4. The fraction of sp³-hybridized carbons (Fsp3) is 0. The van der Waals surface area contributed by atoms with E-state index in [2.05, 4.69) is 0 Å². The van der Waals surface area contributed by atoms with E-state index >= 15 is 0 Å². The fourth-order valence-electron chi connectivity index (χ4n) is 5.03. The van der Waals surface area contributed by atoms with Crippen molar-refractivity contribution in [3.05, 3.63) is 107 Å². The maximum atomic E-state index is 12.8. The Hall–Kier alpha value is -5.50. The molecule has 186 valence electrons. The Labute approximate surface area is 214 Å². The SMILES string of the molecule is O=C(O)c1c(C(=O)O)c(-c2cccc3ccccc23)c(C(=O)O)c(C(=O)O)c1-c1cccc2ccccc12. The zero-order valence-electron chi connectivity index (χ0n) is 19.5. The number of hydrogen-bond acceptors (Lipinski definition) is 4. The van der Waals surface area contributed by atoms with E-state index in [1.807, 2.05) is 0 Å². The Morgan fingerprint density at radius 3 is 1.00 bits per heavy atom. The molecule has 0 saturated heterocycles. The normalized spacial score (nSPS) is 10.9. The molecule has 0 radical (unpaired) electrons.